The van der Waals surface area contributed by atoms with Crippen molar-refractivity contribution in [2.45, 2.75) is 46.0 Å². The number of nitrogens with one attached hydrogen (secondary N) is 1. The fourth-order valence-electron chi connectivity index (χ4n) is 3.11. The Labute approximate surface area is 129 Å². The fourth-order valence-corrected chi connectivity index (χ4v) is 3.11. The summed E-state index contributed by atoms with van der Waals surface area (Å²) in [5, 5.41) is 11.3. The molecule has 118 valence electrons. The topological polar surface area (TPSA) is 75.0 Å². The van der Waals surface area contributed by atoms with Crippen LogP contribution in [-0.2, 0) is 11.2 Å². The highest BCUT2D eigenvalue weighted by molar-refractivity contribution is 5.79. The molecular weight excluding hydrogens is 280 g/mol. The number of nitrogens with zero attached hydrogens (tertiary/aromatic N) is 3. The molecule has 0 bridgehead atoms. The van der Waals surface area contributed by atoms with Gasteiger partial charge in [0.25, 0.3) is 0 Å². The molecule has 1 N–H and O–H groups in total. The summed E-state index contributed by atoms with van der Waals surface area (Å²) in [6, 6.07) is 2.08. The van der Waals surface area contributed by atoms with Gasteiger partial charge in [0.1, 0.15) is 5.76 Å². The van der Waals surface area contributed by atoms with Gasteiger partial charge in [-0.05, 0) is 39.7 Å². The molecule has 0 spiro atoms. The van der Waals surface area contributed by atoms with E-state index in [1.54, 1.807) is 0 Å². The van der Waals surface area contributed by atoms with E-state index in [9.17, 15) is 4.79 Å². The van der Waals surface area contributed by atoms with E-state index in [0.717, 1.165) is 54.3 Å². The average Bonchev–Trinajstić information content (AvgIpc) is 3.08. The van der Waals surface area contributed by atoms with Gasteiger partial charge in [-0.15, -0.1) is 0 Å². The zero-order valence-electron chi connectivity index (χ0n) is 13.3. The van der Waals surface area contributed by atoms with E-state index in [-0.39, 0.29) is 5.91 Å². The smallest absolute Gasteiger partial charge is 0.227 e. The average molecular weight is 302 g/mol. The lowest BCUT2D eigenvalue weighted by molar-refractivity contribution is -0.131. The number of carbonyl (C=O) groups excluding carboxylic acids is 1. The van der Waals surface area contributed by atoms with Gasteiger partial charge < -0.3 is 9.42 Å². The number of amides is 1. The number of rotatable bonds is 3. The standard InChI is InChI=1S/C16H22N4O2/c1-10-7-15(18-17-10)13-5-4-6-20(9-13)16(21)8-14-11(2)19-22-12(14)3/h7,13H,4-6,8-9H2,1-3H3,(H,17,18)/t13-/m1/s1. The summed E-state index contributed by atoms with van der Waals surface area (Å²) in [4.78, 5) is 14.5. The molecule has 1 saturated heterocycles. The number of hydrogen-bond acceptors (Lipinski definition) is 4. The number of aryl methyl sites for hydroxylation is 3. The van der Waals surface area contributed by atoms with Crippen molar-refractivity contribution in [1.82, 2.24) is 20.3 Å². The number of H-pyrrole nitrogens is 1. The highest BCUT2D eigenvalue weighted by Gasteiger charge is 2.27. The van der Waals surface area contributed by atoms with Gasteiger partial charge in [0, 0.05) is 30.3 Å². The second kappa shape index (κ2) is 5.94. The predicted molar refractivity (Wildman–Crippen MR) is 81.6 cm³/mol. The monoisotopic (exact) mass is 302 g/mol. The largest absolute Gasteiger partial charge is 0.361 e. The molecule has 1 aliphatic rings. The highest BCUT2D eigenvalue weighted by Crippen LogP contribution is 2.26. The minimum absolute atomic E-state index is 0.145. The van der Waals surface area contributed by atoms with Gasteiger partial charge in [-0.2, -0.15) is 5.10 Å². The first kappa shape index (κ1) is 14.8. The highest BCUT2D eigenvalue weighted by atomic mass is 16.5. The Kier molecular flexibility index (Phi) is 4.00. The van der Waals surface area contributed by atoms with Crippen LogP contribution in [0, 0.1) is 20.8 Å². The van der Waals surface area contributed by atoms with Crippen molar-refractivity contribution in [3.05, 3.63) is 34.5 Å². The molecule has 3 rings (SSSR count). The lowest BCUT2D eigenvalue weighted by Crippen LogP contribution is -2.40. The Bertz CT molecular complexity index is 654. The number of piperidine rings is 1. The number of carbonyl (C=O) groups is 1. The summed E-state index contributed by atoms with van der Waals surface area (Å²) in [6.45, 7) is 7.30. The molecule has 2 aromatic heterocycles. The Morgan fingerprint density at radius 2 is 2.27 bits per heavy atom. The minimum atomic E-state index is 0.145. The number of hydrogen-bond donors (Lipinski definition) is 1. The van der Waals surface area contributed by atoms with E-state index in [4.69, 9.17) is 4.52 Å². The van der Waals surface area contributed by atoms with Crippen LogP contribution in [0.25, 0.3) is 0 Å². The first-order valence-corrected chi connectivity index (χ1v) is 7.76. The molecule has 0 unspecified atom stereocenters. The van der Waals surface area contributed by atoms with Crippen LogP contribution < -0.4 is 0 Å². The SMILES string of the molecule is Cc1cc([C@@H]2CCCN(C(=O)Cc3c(C)noc3C)C2)n[nH]1. The van der Waals surface area contributed by atoms with Crippen molar-refractivity contribution in [3.8, 4) is 0 Å². The third-order valence-electron chi connectivity index (χ3n) is 4.43. The van der Waals surface area contributed by atoms with Crippen molar-refractivity contribution >= 4 is 5.91 Å². The molecule has 1 amide bonds. The maximum Gasteiger partial charge on any atom is 0.227 e. The van der Waals surface area contributed by atoms with E-state index in [1.165, 1.54) is 0 Å². The molecule has 3 heterocycles. The maximum atomic E-state index is 12.6. The first-order valence-electron chi connectivity index (χ1n) is 7.76. The van der Waals surface area contributed by atoms with Crippen molar-refractivity contribution in [3.63, 3.8) is 0 Å². The van der Waals surface area contributed by atoms with Crippen molar-refractivity contribution in [1.29, 1.82) is 0 Å². The summed E-state index contributed by atoms with van der Waals surface area (Å²) in [5.74, 6) is 1.21. The normalized spacial score (nSPS) is 18.7. The van der Waals surface area contributed by atoms with Crippen molar-refractivity contribution in [2.75, 3.05) is 13.1 Å². The van der Waals surface area contributed by atoms with E-state index in [0.29, 0.717) is 12.3 Å². The summed E-state index contributed by atoms with van der Waals surface area (Å²) < 4.78 is 5.14. The molecule has 0 saturated carbocycles. The van der Waals surface area contributed by atoms with Gasteiger partial charge in [0.2, 0.25) is 5.91 Å². The van der Waals surface area contributed by atoms with Gasteiger partial charge in [0.05, 0.1) is 17.8 Å². The molecule has 6 nitrogen and oxygen atoms in total. The molecular formula is C16H22N4O2. The van der Waals surface area contributed by atoms with Crippen LogP contribution in [0.1, 0.15) is 47.2 Å². The quantitative estimate of drug-likeness (QED) is 0.943. The number of aromatic nitrogens is 3. The fraction of sp³-hybridized carbons (Fsp3) is 0.562. The Morgan fingerprint density at radius 3 is 2.91 bits per heavy atom. The Balaban J connectivity index is 1.68. The van der Waals surface area contributed by atoms with Crippen molar-refractivity contribution < 1.29 is 9.32 Å². The second-order valence-corrected chi connectivity index (χ2v) is 6.13. The molecule has 6 heteroatoms. The van der Waals surface area contributed by atoms with Gasteiger partial charge in [-0.25, -0.2) is 0 Å². The van der Waals surface area contributed by atoms with Gasteiger partial charge in [-0.1, -0.05) is 5.16 Å². The number of aromatic amines is 1. The molecule has 22 heavy (non-hydrogen) atoms. The molecule has 0 aliphatic carbocycles. The van der Waals surface area contributed by atoms with E-state index < -0.39 is 0 Å². The Hall–Kier alpha value is -2.11. The van der Waals surface area contributed by atoms with Crippen LogP contribution in [0.5, 0.6) is 0 Å². The molecule has 0 radical (unpaired) electrons. The molecule has 1 aliphatic heterocycles. The first-order chi connectivity index (χ1) is 10.5. The van der Waals surface area contributed by atoms with E-state index >= 15 is 0 Å². The van der Waals surface area contributed by atoms with E-state index in [2.05, 4.69) is 21.4 Å². The van der Waals surface area contributed by atoms with Crippen LogP contribution in [0.15, 0.2) is 10.6 Å². The van der Waals surface area contributed by atoms with Crippen LogP contribution in [0.3, 0.4) is 0 Å². The third-order valence-corrected chi connectivity index (χ3v) is 4.43. The minimum Gasteiger partial charge on any atom is -0.361 e. The molecule has 0 aromatic carbocycles. The summed E-state index contributed by atoms with van der Waals surface area (Å²) in [6.07, 6.45) is 2.47. The zero-order chi connectivity index (χ0) is 15.7. The Morgan fingerprint density at radius 1 is 1.45 bits per heavy atom. The lowest BCUT2D eigenvalue weighted by Gasteiger charge is -2.32. The second-order valence-electron chi connectivity index (χ2n) is 6.13. The van der Waals surface area contributed by atoms with Crippen molar-refractivity contribution in [2.24, 2.45) is 0 Å². The van der Waals surface area contributed by atoms with Crippen LogP contribution in [-0.4, -0.2) is 39.3 Å². The third kappa shape index (κ3) is 2.91. The van der Waals surface area contributed by atoms with Crippen LogP contribution in [0.4, 0.5) is 0 Å². The lowest BCUT2D eigenvalue weighted by atomic mass is 9.94. The number of likely N-dealkylation sites (tertiary alicyclic amines) is 1. The summed E-state index contributed by atoms with van der Waals surface area (Å²) in [5.41, 5.74) is 3.85. The van der Waals surface area contributed by atoms with Crippen LogP contribution >= 0.6 is 0 Å². The summed E-state index contributed by atoms with van der Waals surface area (Å²) >= 11 is 0. The zero-order valence-corrected chi connectivity index (χ0v) is 13.3. The summed E-state index contributed by atoms with van der Waals surface area (Å²) in [7, 11) is 0. The molecule has 1 atom stereocenters. The van der Waals surface area contributed by atoms with Gasteiger partial charge in [-0.3, -0.25) is 9.89 Å². The van der Waals surface area contributed by atoms with Gasteiger partial charge >= 0.3 is 0 Å². The predicted octanol–water partition coefficient (Wildman–Crippen LogP) is 2.27. The molecule has 1 fully saturated rings. The molecule has 2 aromatic rings. The maximum absolute atomic E-state index is 12.6. The van der Waals surface area contributed by atoms with Crippen LogP contribution in [0.2, 0.25) is 0 Å². The van der Waals surface area contributed by atoms with E-state index in [1.807, 2.05) is 25.7 Å². The van der Waals surface area contributed by atoms with Gasteiger partial charge in [0.15, 0.2) is 0 Å².